The van der Waals surface area contributed by atoms with Gasteiger partial charge < -0.3 is 5.11 Å². The fraction of sp³-hybridized carbons (Fsp3) is 0.533. The van der Waals surface area contributed by atoms with Gasteiger partial charge in [0.15, 0.2) is 0 Å². The fourth-order valence-corrected chi connectivity index (χ4v) is 3.43. The average Bonchev–Trinajstić information content (AvgIpc) is 2.79. The van der Waals surface area contributed by atoms with E-state index in [-0.39, 0.29) is 5.92 Å². The third-order valence-electron chi connectivity index (χ3n) is 4.31. The van der Waals surface area contributed by atoms with E-state index in [9.17, 15) is 9.90 Å². The molecular formula is C15H19BrClNO2. The largest absolute Gasteiger partial charge is 0.481 e. The average molecular weight is 361 g/mol. The van der Waals surface area contributed by atoms with Crippen molar-refractivity contribution in [3.8, 4) is 0 Å². The third kappa shape index (κ3) is 3.02. The molecule has 0 radical (unpaired) electrons. The summed E-state index contributed by atoms with van der Waals surface area (Å²) >= 11 is 9.65. The van der Waals surface area contributed by atoms with Gasteiger partial charge in [-0.15, -0.1) is 0 Å². The van der Waals surface area contributed by atoms with Crippen molar-refractivity contribution in [2.75, 3.05) is 13.1 Å². The molecule has 1 atom stereocenters. The molecule has 20 heavy (non-hydrogen) atoms. The van der Waals surface area contributed by atoms with Crippen molar-refractivity contribution in [3.63, 3.8) is 0 Å². The molecule has 0 amide bonds. The minimum absolute atomic E-state index is 0.128. The van der Waals surface area contributed by atoms with E-state index in [4.69, 9.17) is 11.6 Å². The minimum atomic E-state index is -0.685. The van der Waals surface area contributed by atoms with Crippen molar-refractivity contribution >= 4 is 33.5 Å². The molecule has 0 saturated carbocycles. The molecule has 1 N–H and O–H groups in total. The first-order valence-corrected chi connectivity index (χ1v) is 7.92. The summed E-state index contributed by atoms with van der Waals surface area (Å²) in [5.41, 5.74) is 0.407. The van der Waals surface area contributed by atoms with Crippen molar-refractivity contribution in [1.82, 2.24) is 4.90 Å². The smallest absolute Gasteiger partial charge is 0.311 e. The van der Waals surface area contributed by atoms with E-state index in [0.717, 1.165) is 21.6 Å². The Kier molecular flexibility index (Phi) is 4.77. The number of carbonyl (C=O) groups is 1. The minimum Gasteiger partial charge on any atom is -0.481 e. The van der Waals surface area contributed by atoms with Crippen molar-refractivity contribution < 1.29 is 9.90 Å². The summed E-state index contributed by atoms with van der Waals surface area (Å²) < 4.78 is 0.990. The molecule has 1 aromatic carbocycles. The Morgan fingerprint density at radius 2 is 2.25 bits per heavy atom. The van der Waals surface area contributed by atoms with Crippen molar-refractivity contribution in [1.29, 1.82) is 0 Å². The molecule has 2 rings (SSSR count). The maximum Gasteiger partial charge on any atom is 0.311 e. The number of nitrogens with zero attached hydrogens (tertiary/aromatic N) is 1. The number of halogens is 2. The fourth-order valence-electron chi connectivity index (χ4n) is 2.85. The number of rotatable bonds is 4. The zero-order valence-electron chi connectivity index (χ0n) is 11.7. The number of carboxylic acids is 1. The highest BCUT2D eigenvalue weighted by atomic mass is 79.9. The molecule has 1 saturated heterocycles. The monoisotopic (exact) mass is 359 g/mol. The quantitative estimate of drug-likeness (QED) is 0.881. The van der Waals surface area contributed by atoms with Gasteiger partial charge in [0, 0.05) is 22.6 Å². The first-order valence-electron chi connectivity index (χ1n) is 6.75. The van der Waals surface area contributed by atoms with Crippen LogP contribution in [0.4, 0.5) is 0 Å². The lowest BCUT2D eigenvalue weighted by atomic mass is 9.76. The maximum atomic E-state index is 11.6. The Morgan fingerprint density at radius 3 is 2.80 bits per heavy atom. The van der Waals surface area contributed by atoms with Crippen LogP contribution in [0.25, 0.3) is 0 Å². The Morgan fingerprint density at radius 1 is 1.55 bits per heavy atom. The van der Waals surface area contributed by atoms with Gasteiger partial charge in [-0.05, 0) is 42.6 Å². The number of aliphatic carboxylic acids is 1. The summed E-state index contributed by atoms with van der Waals surface area (Å²) in [6.07, 6.45) is 0.700. The predicted molar refractivity (Wildman–Crippen MR) is 84.0 cm³/mol. The molecular weight excluding hydrogens is 342 g/mol. The highest BCUT2D eigenvalue weighted by Gasteiger charge is 2.47. The van der Waals surface area contributed by atoms with Crippen LogP contribution in [-0.2, 0) is 11.3 Å². The number of likely N-dealkylation sites (tertiary alicyclic amines) is 1. The molecule has 1 heterocycles. The molecule has 110 valence electrons. The third-order valence-corrected chi connectivity index (χ3v) is 5.17. The molecule has 0 aromatic heterocycles. The Labute approximate surface area is 133 Å². The normalized spacial score (nSPS) is 23.4. The number of carboxylic acid groups (broad SMARTS) is 1. The van der Waals surface area contributed by atoms with Crippen molar-refractivity contribution in [3.05, 3.63) is 33.3 Å². The van der Waals surface area contributed by atoms with Crippen molar-refractivity contribution in [2.45, 2.75) is 26.8 Å². The highest BCUT2D eigenvalue weighted by molar-refractivity contribution is 9.10. The standard InChI is InChI=1S/C15H19BrClNO2/c1-10(2)15(14(19)20)5-6-18(9-15)8-11-7-12(16)3-4-13(11)17/h3-4,7,10H,5-6,8-9H2,1-2H3,(H,19,20). The molecule has 1 fully saturated rings. The summed E-state index contributed by atoms with van der Waals surface area (Å²) in [7, 11) is 0. The van der Waals surface area contributed by atoms with Crippen LogP contribution in [0.1, 0.15) is 25.8 Å². The van der Waals surface area contributed by atoms with E-state index in [1.54, 1.807) is 0 Å². The molecule has 1 unspecified atom stereocenters. The topological polar surface area (TPSA) is 40.5 Å². The van der Waals surface area contributed by atoms with Gasteiger partial charge >= 0.3 is 5.97 Å². The van der Waals surface area contributed by atoms with E-state index < -0.39 is 11.4 Å². The summed E-state index contributed by atoms with van der Waals surface area (Å²) in [5.74, 6) is -0.557. The van der Waals surface area contributed by atoms with Gasteiger partial charge in [-0.3, -0.25) is 9.69 Å². The molecule has 0 aliphatic carbocycles. The number of benzene rings is 1. The molecule has 3 nitrogen and oxygen atoms in total. The zero-order chi connectivity index (χ0) is 14.9. The van der Waals surface area contributed by atoms with Gasteiger partial charge in [0.25, 0.3) is 0 Å². The lowest BCUT2D eigenvalue weighted by Gasteiger charge is -2.29. The summed E-state index contributed by atoms with van der Waals surface area (Å²) in [4.78, 5) is 13.8. The van der Waals surface area contributed by atoms with Crippen LogP contribution in [-0.4, -0.2) is 29.1 Å². The van der Waals surface area contributed by atoms with E-state index in [1.165, 1.54) is 0 Å². The van der Waals surface area contributed by atoms with Gasteiger partial charge in [-0.25, -0.2) is 0 Å². The van der Waals surface area contributed by atoms with Crippen LogP contribution in [0.15, 0.2) is 22.7 Å². The van der Waals surface area contributed by atoms with Crippen LogP contribution >= 0.6 is 27.5 Å². The number of hydrogen-bond acceptors (Lipinski definition) is 2. The summed E-state index contributed by atoms with van der Waals surface area (Å²) in [6.45, 7) is 6.06. The van der Waals surface area contributed by atoms with Crippen LogP contribution < -0.4 is 0 Å². The van der Waals surface area contributed by atoms with Crippen LogP contribution in [0.5, 0.6) is 0 Å². The van der Waals surface area contributed by atoms with Crippen LogP contribution in [0, 0.1) is 11.3 Å². The molecule has 1 aromatic rings. The molecule has 1 aliphatic rings. The SMILES string of the molecule is CC(C)C1(C(=O)O)CCN(Cc2cc(Br)ccc2Cl)C1. The molecule has 5 heteroatoms. The van der Waals surface area contributed by atoms with Gasteiger partial charge in [-0.1, -0.05) is 41.4 Å². The molecule has 0 bridgehead atoms. The predicted octanol–water partition coefficient (Wildman–Crippen LogP) is 4.04. The first-order chi connectivity index (χ1) is 9.35. The highest BCUT2D eigenvalue weighted by Crippen LogP contribution is 2.39. The van der Waals surface area contributed by atoms with E-state index in [2.05, 4.69) is 20.8 Å². The Balaban J connectivity index is 2.14. The second kappa shape index (κ2) is 6.04. The van der Waals surface area contributed by atoms with Crippen LogP contribution in [0.3, 0.4) is 0 Å². The summed E-state index contributed by atoms with van der Waals surface area (Å²) in [5, 5.41) is 10.3. The van der Waals surface area contributed by atoms with Crippen molar-refractivity contribution in [2.24, 2.45) is 11.3 Å². The van der Waals surface area contributed by atoms with E-state index in [1.807, 2.05) is 32.0 Å². The lowest BCUT2D eigenvalue weighted by Crippen LogP contribution is -2.39. The van der Waals surface area contributed by atoms with Gasteiger partial charge in [0.05, 0.1) is 5.41 Å². The van der Waals surface area contributed by atoms with Gasteiger partial charge in [0.2, 0.25) is 0 Å². The number of hydrogen-bond donors (Lipinski definition) is 1. The Bertz CT molecular complexity index is 521. The van der Waals surface area contributed by atoms with Gasteiger partial charge in [0.1, 0.15) is 0 Å². The van der Waals surface area contributed by atoms with Gasteiger partial charge in [-0.2, -0.15) is 0 Å². The summed E-state index contributed by atoms with van der Waals surface area (Å²) in [6, 6.07) is 5.77. The van der Waals surface area contributed by atoms with Crippen LogP contribution in [0.2, 0.25) is 5.02 Å². The first kappa shape index (κ1) is 15.8. The molecule has 1 aliphatic heterocycles. The van der Waals surface area contributed by atoms with E-state index >= 15 is 0 Å². The lowest BCUT2D eigenvalue weighted by molar-refractivity contribution is -0.151. The second-order valence-corrected chi connectivity index (χ2v) is 7.14. The second-order valence-electron chi connectivity index (χ2n) is 5.81. The van der Waals surface area contributed by atoms with E-state index in [0.29, 0.717) is 19.5 Å². The zero-order valence-corrected chi connectivity index (χ0v) is 14.0. The maximum absolute atomic E-state index is 11.6. The Hall–Kier alpha value is -0.580. The molecule has 0 spiro atoms.